The smallest absolute Gasteiger partial charge is 0.231 e. The molecule has 0 aliphatic heterocycles. The van der Waals surface area contributed by atoms with Gasteiger partial charge >= 0.3 is 0 Å². The van der Waals surface area contributed by atoms with Crippen LogP contribution in [0.15, 0.2) is 69.5 Å². The monoisotopic (exact) mass is 372 g/mol. The lowest BCUT2D eigenvalue weighted by molar-refractivity contribution is 0.403. The van der Waals surface area contributed by atoms with Gasteiger partial charge in [0.2, 0.25) is 11.8 Å². The van der Waals surface area contributed by atoms with Gasteiger partial charge in [0.15, 0.2) is 11.2 Å². The Hall–Kier alpha value is -3.80. The van der Waals surface area contributed by atoms with Gasteiger partial charge in [-0.05, 0) is 36.4 Å². The highest BCUT2D eigenvalue weighted by atomic mass is 16.5. The topological polar surface area (TPSA) is 70.5 Å². The van der Waals surface area contributed by atoms with Crippen molar-refractivity contribution in [1.29, 1.82) is 0 Å². The first kappa shape index (κ1) is 16.4. The Kier molecular flexibility index (Phi) is 3.76. The molecule has 5 rings (SSSR count). The summed E-state index contributed by atoms with van der Waals surface area (Å²) in [6.45, 7) is 0. The van der Waals surface area contributed by atoms with Crippen LogP contribution in [0.4, 0.5) is 0 Å². The summed E-state index contributed by atoms with van der Waals surface area (Å²) >= 11 is 0. The van der Waals surface area contributed by atoms with E-state index in [2.05, 4.69) is 9.97 Å². The van der Waals surface area contributed by atoms with Gasteiger partial charge in [0.25, 0.3) is 0 Å². The predicted octanol–water partition coefficient (Wildman–Crippen LogP) is 5.32. The first-order valence-electron chi connectivity index (χ1n) is 8.75. The van der Waals surface area contributed by atoms with Crippen molar-refractivity contribution in [3.63, 3.8) is 0 Å². The molecule has 0 atom stereocenters. The number of aromatic nitrogens is 2. The molecule has 0 fully saturated rings. The lowest BCUT2D eigenvalue weighted by Crippen LogP contribution is -1.94. The number of rotatable bonds is 4. The van der Waals surface area contributed by atoms with E-state index >= 15 is 0 Å². The van der Waals surface area contributed by atoms with Crippen LogP contribution < -0.4 is 9.47 Å². The zero-order valence-electron chi connectivity index (χ0n) is 15.3. The van der Waals surface area contributed by atoms with Crippen molar-refractivity contribution in [2.75, 3.05) is 14.2 Å². The van der Waals surface area contributed by atoms with E-state index in [1.165, 1.54) is 0 Å². The van der Waals surface area contributed by atoms with Gasteiger partial charge in [0.1, 0.15) is 22.5 Å². The molecular formula is C22H16N2O4. The Morgan fingerprint density at radius 3 is 1.46 bits per heavy atom. The zero-order chi connectivity index (χ0) is 19.1. The average Bonchev–Trinajstić information content (AvgIpc) is 3.36. The number of nitrogens with zero attached hydrogens (tertiary/aromatic N) is 2. The molecule has 0 spiro atoms. The summed E-state index contributed by atoms with van der Waals surface area (Å²) in [6.07, 6.45) is 0. The molecule has 2 heterocycles. The maximum Gasteiger partial charge on any atom is 0.231 e. The van der Waals surface area contributed by atoms with Crippen molar-refractivity contribution < 1.29 is 18.3 Å². The molecule has 138 valence electrons. The van der Waals surface area contributed by atoms with Gasteiger partial charge in [-0.1, -0.05) is 24.3 Å². The van der Waals surface area contributed by atoms with Gasteiger partial charge in [-0.25, -0.2) is 9.97 Å². The summed E-state index contributed by atoms with van der Waals surface area (Å²) in [6, 6.07) is 18.9. The Labute approximate surface area is 160 Å². The third kappa shape index (κ3) is 2.58. The maximum absolute atomic E-state index is 5.90. The summed E-state index contributed by atoms with van der Waals surface area (Å²) in [7, 11) is 3.20. The molecule has 6 heteroatoms. The van der Waals surface area contributed by atoms with Gasteiger partial charge in [0.05, 0.1) is 25.3 Å². The summed E-state index contributed by atoms with van der Waals surface area (Å²) < 4.78 is 23.0. The van der Waals surface area contributed by atoms with Crippen LogP contribution in [0.1, 0.15) is 0 Å². The molecule has 28 heavy (non-hydrogen) atoms. The van der Waals surface area contributed by atoms with E-state index in [4.69, 9.17) is 18.3 Å². The van der Waals surface area contributed by atoms with Crippen LogP contribution in [0.3, 0.4) is 0 Å². The molecule has 0 saturated carbocycles. The number of ether oxygens (including phenoxy) is 2. The number of hydrogen-bond acceptors (Lipinski definition) is 6. The predicted molar refractivity (Wildman–Crippen MR) is 106 cm³/mol. The standard InChI is InChI=1S/C22H16N2O4/c1-25-19-11-14(22-24-16-8-4-6-10-18(16)28-22)20(26-2)12-13(19)21-23-15-7-3-5-9-17(15)27-21/h3-12H,1-2H3. The highest BCUT2D eigenvalue weighted by Crippen LogP contribution is 2.41. The summed E-state index contributed by atoms with van der Waals surface area (Å²) in [5.41, 5.74) is 4.36. The molecule has 0 bridgehead atoms. The van der Waals surface area contributed by atoms with Crippen molar-refractivity contribution in [1.82, 2.24) is 9.97 Å². The fraction of sp³-hybridized carbons (Fsp3) is 0.0909. The number of oxazole rings is 2. The molecule has 0 radical (unpaired) electrons. The van der Waals surface area contributed by atoms with Crippen LogP contribution >= 0.6 is 0 Å². The molecule has 6 nitrogen and oxygen atoms in total. The molecule has 0 amide bonds. The zero-order valence-corrected chi connectivity index (χ0v) is 15.3. The average molecular weight is 372 g/mol. The number of methoxy groups -OCH3 is 2. The fourth-order valence-corrected chi connectivity index (χ4v) is 3.21. The second-order valence-electron chi connectivity index (χ2n) is 6.23. The van der Waals surface area contributed by atoms with Crippen molar-refractivity contribution in [3.05, 3.63) is 60.7 Å². The third-order valence-electron chi connectivity index (χ3n) is 4.57. The van der Waals surface area contributed by atoms with Crippen LogP contribution in [-0.2, 0) is 0 Å². The van der Waals surface area contributed by atoms with Crippen molar-refractivity contribution >= 4 is 22.2 Å². The maximum atomic E-state index is 5.90. The molecule has 0 unspecified atom stereocenters. The molecular weight excluding hydrogens is 356 g/mol. The Balaban J connectivity index is 1.69. The summed E-state index contributed by atoms with van der Waals surface area (Å²) in [5.74, 6) is 2.09. The molecule has 0 aliphatic rings. The van der Waals surface area contributed by atoms with Crippen LogP contribution in [0.5, 0.6) is 11.5 Å². The van der Waals surface area contributed by atoms with Crippen molar-refractivity contribution in [2.24, 2.45) is 0 Å². The second kappa shape index (κ2) is 6.42. The van der Waals surface area contributed by atoms with E-state index in [1.54, 1.807) is 14.2 Å². The van der Waals surface area contributed by atoms with E-state index in [0.29, 0.717) is 45.6 Å². The molecule has 0 saturated heterocycles. The number of hydrogen-bond donors (Lipinski definition) is 0. The van der Waals surface area contributed by atoms with Gasteiger partial charge in [-0.2, -0.15) is 0 Å². The normalized spacial score (nSPS) is 11.2. The second-order valence-corrected chi connectivity index (χ2v) is 6.23. The molecule has 0 N–H and O–H groups in total. The summed E-state index contributed by atoms with van der Waals surface area (Å²) in [4.78, 5) is 9.13. The minimum Gasteiger partial charge on any atom is -0.496 e. The van der Waals surface area contributed by atoms with Crippen LogP contribution in [0, 0.1) is 0 Å². The molecule has 5 aromatic rings. The summed E-state index contributed by atoms with van der Waals surface area (Å²) in [5, 5.41) is 0. The van der Waals surface area contributed by atoms with Gasteiger partial charge < -0.3 is 18.3 Å². The Morgan fingerprint density at radius 2 is 1.07 bits per heavy atom. The third-order valence-corrected chi connectivity index (χ3v) is 4.57. The van der Waals surface area contributed by atoms with E-state index in [1.807, 2.05) is 60.7 Å². The highest BCUT2D eigenvalue weighted by Gasteiger charge is 2.21. The van der Waals surface area contributed by atoms with Gasteiger partial charge in [-0.15, -0.1) is 0 Å². The van der Waals surface area contributed by atoms with Crippen LogP contribution in [0.25, 0.3) is 45.1 Å². The van der Waals surface area contributed by atoms with E-state index in [-0.39, 0.29) is 0 Å². The lowest BCUT2D eigenvalue weighted by atomic mass is 10.1. The fourth-order valence-electron chi connectivity index (χ4n) is 3.21. The lowest BCUT2D eigenvalue weighted by Gasteiger charge is -2.11. The Bertz CT molecular complexity index is 1130. The quantitative estimate of drug-likeness (QED) is 0.425. The molecule has 0 aliphatic carbocycles. The minimum absolute atomic E-state index is 0.459. The van der Waals surface area contributed by atoms with E-state index in [0.717, 1.165) is 11.0 Å². The first-order chi connectivity index (χ1) is 13.8. The molecule has 2 aromatic heterocycles. The van der Waals surface area contributed by atoms with E-state index in [9.17, 15) is 0 Å². The van der Waals surface area contributed by atoms with Gasteiger partial charge in [0, 0.05) is 0 Å². The van der Waals surface area contributed by atoms with E-state index < -0.39 is 0 Å². The Morgan fingerprint density at radius 1 is 0.643 bits per heavy atom. The van der Waals surface area contributed by atoms with Crippen LogP contribution in [-0.4, -0.2) is 24.2 Å². The number of benzene rings is 3. The first-order valence-corrected chi connectivity index (χ1v) is 8.75. The largest absolute Gasteiger partial charge is 0.496 e. The number of para-hydroxylation sites is 4. The minimum atomic E-state index is 0.459. The SMILES string of the molecule is COc1cc(-c2nc3ccccc3o2)c(OC)cc1-c1nc2ccccc2o1. The van der Waals surface area contributed by atoms with Gasteiger partial charge in [-0.3, -0.25) is 0 Å². The van der Waals surface area contributed by atoms with Crippen molar-refractivity contribution in [2.45, 2.75) is 0 Å². The molecule has 3 aromatic carbocycles. The number of fused-ring (bicyclic) bond motifs is 2. The van der Waals surface area contributed by atoms with Crippen molar-refractivity contribution in [3.8, 4) is 34.4 Å². The van der Waals surface area contributed by atoms with Crippen LogP contribution in [0.2, 0.25) is 0 Å². The highest BCUT2D eigenvalue weighted by molar-refractivity contribution is 5.82.